The number of benzene rings is 2. The van der Waals surface area contributed by atoms with Gasteiger partial charge in [0.15, 0.2) is 12.4 Å². The van der Waals surface area contributed by atoms with Crippen molar-refractivity contribution in [2.45, 2.75) is 6.92 Å². The first kappa shape index (κ1) is 17.7. The van der Waals surface area contributed by atoms with E-state index in [1.54, 1.807) is 18.2 Å². The molecule has 0 bridgehead atoms. The van der Waals surface area contributed by atoms with Gasteiger partial charge in [-0.05, 0) is 43.3 Å². The van der Waals surface area contributed by atoms with E-state index in [4.69, 9.17) is 4.74 Å². The van der Waals surface area contributed by atoms with Gasteiger partial charge in [-0.15, -0.1) is 0 Å². The molecule has 0 aliphatic heterocycles. The van der Waals surface area contributed by atoms with Gasteiger partial charge in [0.2, 0.25) is 10.0 Å². The molecule has 2 aromatic carbocycles. The molecule has 0 aliphatic carbocycles. The molecule has 0 heterocycles. The summed E-state index contributed by atoms with van der Waals surface area (Å²) in [5.74, 6) is -0.940. The van der Waals surface area contributed by atoms with Crippen molar-refractivity contribution in [3.05, 3.63) is 65.2 Å². The predicted molar refractivity (Wildman–Crippen MR) is 90.7 cm³/mol. The molecule has 24 heavy (non-hydrogen) atoms. The molecule has 0 saturated heterocycles. The van der Waals surface area contributed by atoms with Crippen LogP contribution in [0, 0.1) is 6.92 Å². The Hall–Kier alpha value is -2.67. The number of aryl methyl sites for hydroxylation is 1. The number of carbonyl (C=O) groups excluding carboxylic acids is 2. The second-order valence-corrected chi connectivity index (χ2v) is 7.07. The van der Waals surface area contributed by atoms with Gasteiger partial charge < -0.3 is 4.74 Å². The Balaban J connectivity index is 1.96. The lowest BCUT2D eigenvalue weighted by Gasteiger charge is -2.07. The van der Waals surface area contributed by atoms with Crippen LogP contribution in [0.25, 0.3) is 0 Å². The third kappa shape index (κ3) is 5.20. The molecule has 7 heteroatoms. The maximum Gasteiger partial charge on any atom is 0.338 e. The average Bonchev–Trinajstić information content (AvgIpc) is 2.51. The molecule has 0 spiro atoms. The smallest absolute Gasteiger partial charge is 0.338 e. The second-order valence-electron chi connectivity index (χ2n) is 5.32. The van der Waals surface area contributed by atoms with Gasteiger partial charge in [-0.1, -0.05) is 17.7 Å². The van der Waals surface area contributed by atoms with Crippen molar-refractivity contribution in [1.29, 1.82) is 0 Å². The van der Waals surface area contributed by atoms with E-state index in [1.165, 1.54) is 24.3 Å². The number of Topliss-reactive ketones (excluding diaryl/α,β-unsaturated/α-hetero) is 1. The first-order valence-electron chi connectivity index (χ1n) is 7.09. The van der Waals surface area contributed by atoms with Gasteiger partial charge in [-0.25, -0.2) is 13.2 Å². The van der Waals surface area contributed by atoms with Gasteiger partial charge >= 0.3 is 5.97 Å². The zero-order valence-electron chi connectivity index (χ0n) is 13.3. The predicted octanol–water partition coefficient (Wildman–Crippen LogP) is 2.41. The fraction of sp³-hybridized carbons (Fsp3) is 0.176. The molecule has 0 atom stereocenters. The monoisotopic (exact) mass is 347 g/mol. The van der Waals surface area contributed by atoms with Crippen molar-refractivity contribution in [1.82, 2.24) is 0 Å². The summed E-state index contributed by atoms with van der Waals surface area (Å²) in [6, 6.07) is 12.8. The number of carbonyl (C=O) groups is 2. The zero-order valence-corrected chi connectivity index (χ0v) is 14.1. The molecule has 0 aliphatic rings. The van der Waals surface area contributed by atoms with E-state index < -0.39 is 16.0 Å². The van der Waals surface area contributed by atoms with E-state index in [-0.39, 0.29) is 12.4 Å². The Morgan fingerprint density at radius 1 is 1.04 bits per heavy atom. The third-order valence-electron chi connectivity index (χ3n) is 3.10. The molecule has 0 saturated carbocycles. The fourth-order valence-electron chi connectivity index (χ4n) is 2.01. The van der Waals surface area contributed by atoms with Crippen LogP contribution in [0.2, 0.25) is 0 Å². The highest BCUT2D eigenvalue weighted by Crippen LogP contribution is 2.12. The Kier molecular flexibility index (Phi) is 5.35. The summed E-state index contributed by atoms with van der Waals surface area (Å²) in [7, 11) is -3.37. The number of sulfonamides is 1. The highest BCUT2D eigenvalue weighted by Gasteiger charge is 2.12. The van der Waals surface area contributed by atoms with Gasteiger partial charge in [-0.2, -0.15) is 0 Å². The van der Waals surface area contributed by atoms with Crippen LogP contribution in [-0.4, -0.2) is 33.0 Å². The Bertz CT molecular complexity index is 857. The van der Waals surface area contributed by atoms with E-state index in [9.17, 15) is 18.0 Å². The lowest BCUT2D eigenvalue weighted by atomic mass is 10.1. The molecular formula is C17H17NO5S. The van der Waals surface area contributed by atoms with Crippen LogP contribution < -0.4 is 4.72 Å². The number of ketones is 1. The molecule has 0 unspecified atom stereocenters. The van der Waals surface area contributed by atoms with Crippen LogP contribution in [0.5, 0.6) is 0 Å². The van der Waals surface area contributed by atoms with E-state index in [0.29, 0.717) is 16.8 Å². The number of ether oxygens (including phenoxy) is 1. The summed E-state index contributed by atoms with van der Waals surface area (Å²) in [6.07, 6.45) is 1.04. The van der Waals surface area contributed by atoms with Crippen molar-refractivity contribution in [2.75, 3.05) is 17.6 Å². The van der Waals surface area contributed by atoms with Crippen molar-refractivity contribution in [3.8, 4) is 0 Å². The quantitative estimate of drug-likeness (QED) is 0.640. The highest BCUT2D eigenvalue weighted by molar-refractivity contribution is 7.92. The minimum Gasteiger partial charge on any atom is -0.454 e. The van der Waals surface area contributed by atoms with E-state index in [1.807, 2.05) is 13.0 Å². The summed E-state index contributed by atoms with van der Waals surface area (Å²) in [6.45, 7) is 1.47. The summed E-state index contributed by atoms with van der Waals surface area (Å²) in [5.41, 5.74) is 1.98. The third-order valence-corrected chi connectivity index (χ3v) is 3.70. The summed E-state index contributed by atoms with van der Waals surface area (Å²) in [5, 5.41) is 0. The molecule has 2 rings (SSSR count). The number of anilines is 1. The molecule has 0 radical (unpaired) electrons. The Morgan fingerprint density at radius 2 is 1.71 bits per heavy atom. The standard InChI is InChI=1S/C17H17NO5S/c1-12-4-3-5-14(10-12)17(20)23-11-16(19)13-6-8-15(9-7-13)18-24(2,21)22/h3-10,18H,11H2,1-2H3. The highest BCUT2D eigenvalue weighted by atomic mass is 32.2. The summed E-state index contributed by atoms with van der Waals surface area (Å²) >= 11 is 0. The van der Waals surface area contributed by atoms with Crippen molar-refractivity contribution >= 4 is 27.5 Å². The van der Waals surface area contributed by atoms with Crippen LogP contribution in [0.15, 0.2) is 48.5 Å². The van der Waals surface area contributed by atoms with E-state index in [0.717, 1.165) is 11.8 Å². The van der Waals surface area contributed by atoms with E-state index >= 15 is 0 Å². The molecular weight excluding hydrogens is 330 g/mol. The van der Waals surface area contributed by atoms with Gasteiger partial charge in [0.05, 0.1) is 11.8 Å². The fourth-order valence-corrected chi connectivity index (χ4v) is 2.57. The van der Waals surface area contributed by atoms with Gasteiger partial charge in [0.1, 0.15) is 0 Å². The maximum atomic E-state index is 12.0. The van der Waals surface area contributed by atoms with Crippen LogP contribution in [0.4, 0.5) is 5.69 Å². The van der Waals surface area contributed by atoms with Crippen LogP contribution in [-0.2, 0) is 14.8 Å². The minimum absolute atomic E-state index is 0.325. The van der Waals surface area contributed by atoms with Crippen molar-refractivity contribution in [3.63, 3.8) is 0 Å². The molecule has 0 fully saturated rings. The van der Waals surface area contributed by atoms with Gasteiger partial charge in [0, 0.05) is 11.3 Å². The SMILES string of the molecule is Cc1cccc(C(=O)OCC(=O)c2ccc(NS(C)(=O)=O)cc2)c1. The van der Waals surface area contributed by atoms with Crippen molar-refractivity contribution < 1.29 is 22.7 Å². The number of rotatable bonds is 6. The second kappa shape index (κ2) is 7.27. The minimum atomic E-state index is -3.37. The molecule has 126 valence electrons. The first-order chi connectivity index (χ1) is 11.2. The van der Waals surface area contributed by atoms with Crippen molar-refractivity contribution in [2.24, 2.45) is 0 Å². The molecule has 1 N–H and O–H groups in total. The topological polar surface area (TPSA) is 89.5 Å². The van der Waals surface area contributed by atoms with Gasteiger partial charge in [-0.3, -0.25) is 9.52 Å². The average molecular weight is 347 g/mol. The maximum absolute atomic E-state index is 12.0. The number of nitrogens with one attached hydrogen (secondary N) is 1. The van der Waals surface area contributed by atoms with Gasteiger partial charge in [0.25, 0.3) is 0 Å². The Morgan fingerprint density at radius 3 is 2.29 bits per heavy atom. The Labute approximate surface area is 140 Å². The summed E-state index contributed by atoms with van der Waals surface area (Å²) < 4.78 is 29.6. The molecule has 6 nitrogen and oxygen atoms in total. The normalized spacial score (nSPS) is 10.9. The molecule has 0 amide bonds. The van der Waals surface area contributed by atoms with Crippen LogP contribution in [0.1, 0.15) is 26.3 Å². The molecule has 0 aromatic heterocycles. The zero-order chi connectivity index (χ0) is 17.7. The largest absolute Gasteiger partial charge is 0.454 e. The van der Waals surface area contributed by atoms with Crippen LogP contribution in [0.3, 0.4) is 0 Å². The number of esters is 1. The summed E-state index contributed by atoms with van der Waals surface area (Å²) in [4.78, 5) is 23.9. The number of hydrogen-bond acceptors (Lipinski definition) is 5. The first-order valence-corrected chi connectivity index (χ1v) is 8.98. The number of hydrogen-bond donors (Lipinski definition) is 1. The van der Waals surface area contributed by atoms with Crippen LogP contribution >= 0.6 is 0 Å². The molecule has 2 aromatic rings. The lowest BCUT2D eigenvalue weighted by molar-refractivity contribution is 0.0474. The lowest BCUT2D eigenvalue weighted by Crippen LogP contribution is -2.14. The van der Waals surface area contributed by atoms with E-state index in [2.05, 4.69) is 4.72 Å².